The lowest BCUT2D eigenvalue weighted by atomic mass is 9.85. The van der Waals surface area contributed by atoms with Crippen LogP contribution < -0.4 is 5.32 Å². The van der Waals surface area contributed by atoms with Crippen molar-refractivity contribution in [2.24, 2.45) is 0 Å². The van der Waals surface area contributed by atoms with Crippen LogP contribution in [-0.2, 0) is 4.79 Å². The molecule has 5 aromatic rings. The topological polar surface area (TPSA) is 69.6 Å². The summed E-state index contributed by atoms with van der Waals surface area (Å²) < 4.78 is 0. The van der Waals surface area contributed by atoms with Gasteiger partial charge in [0.05, 0.1) is 5.69 Å². The molecule has 32 heavy (non-hydrogen) atoms. The molecule has 0 bridgehead atoms. The van der Waals surface area contributed by atoms with E-state index in [4.69, 9.17) is 0 Å². The molecule has 0 aliphatic heterocycles. The molecule has 0 heterocycles. The Balaban J connectivity index is 2.09. The van der Waals surface area contributed by atoms with Crippen molar-refractivity contribution in [1.82, 2.24) is 0 Å². The third-order valence-corrected chi connectivity index (χ3v) is 5.69. The van der Waals surface area contributed by atoms with Crippen LogP contribution in [0.5, 0.6) is 11.5 Å². The Bertz CT molecular complexity index is 1480. The smallest absolute Gasteiger partial charge is 0.221 e. The van der Waals surface area contributed by atoms with Crippen molar-refractivity contribution in [1.29, 1.82) is 0 Å². The summed E-state index contributed by atoms with van der Waals surface area (Å²) in [5.74, 6) is -0.965. The van der Waals surface area contributed by atoms with Crippen LogP contribution in [0.1, 0.15) is 6.92 Å². The van der Waals surface area contributed by atoms with Crippen LogP contribution in [0.2, 0.25) is 0 Å². The quantitative estimate of drug-likeness (QED) is 0.225. The number of carbonyl (C=O) groups is 1. The maximum Gasteiger partial charge on any atom is 0.221 e. The summed E-state index contributed by atoms with van der Waals surface area (Å²) in [6.07, 6.45) is 0. The van der Waals surface area contributed by atoms with Gasteiger partial charge in [0.1, 0.15) is 0 Å². The van der Waals surface area contributed by atoms with E-state index in [0.29, 0.717) is 5.39 Å². The molecule has 0 spiro atoms. The molecule has 3 N–H and O–H groups in total. The fourth-order valence-electron chi connectivity index (χ4n) is 4.43. The molecule has 5 rings (SSSR count). The van der Waals surface area contributed by atoms with Crippen molar-refractivity contribution in [3.63, 3.8) is 0 Å². The maximum atomic E-state index is 12.1. The third-order valence-electron chi connectivity index (χ3n) is 5.69. The third kappa shape index (κ3) is 3.13. The number of fused-ring (bicyclic) bond motifs is 2. The van der Waals surface area contributed by atoms with Crippen molar-refractivity contribution in [3.05, 3.63) is 91.0 Å². The first-order chi connectivity index (χ1) is 15.6. The predicted octanol–water partition coefficient (Wildman–Crippen LogP) is 6.70. The van der Waals surface area contributed by atoms with Crippen LogP contribution in [0.3, 0.4) is 0 Å². The van der Waals surface area contributed by atoms with Crippen LogP contribution in [0.4, 0.5) is 5.69 Å². The number of carbonyl (C=O) groups excluding carboxylic acids is 1. The Kier molecular flexibility index (Phi) is 4.75. The van der Waals surface area contributed by atoms with E-state index < -0.39 is 0 Å². The molecule has 0 saturated heterocycles. The molecule has 4 heteroatoms. The van der Waals surface area contributed by atoms with Gasteiger partial charge in [-0.2, -0.15) is 0 Å². The number of aromatic hydroxyl groups is 2. The van der Waals surface area contributed by atoms with E-state index in [9.17, 15) is 15.0 Å². The van der Waals surface area contributed by atoms with Gasteiger partial charge in [-0.05, 0) is 44.5 Å². The van der Waals surface area contributed by atoms with Gasteiger partial charge in [0.25, 0.3) is 0 Å². The second-order valence-corrected chi connectivity index (χ2v) is 7.75. The fourth-order valence-corrected chi connectivity index (χ4v) is 4.43. The number of benzene rings is 5. The molecule has 0 radical (unpaired) electrons. The van der Waals surface area contributed by atoms with Crippen LogP contribution in [0.25, 0.3) is 43.8 Å². The van der Waals surface area contributed by atoms with Crippen LogP contribution in [0, 0.1) is 0 Å². The van der Waals surface area contributed by atoms with Crippen molar-refractivity contribution in [3.8, 4) is 33.8 Å². The highest BCUT2D eigenvalue weighted by Crippen LogP contribution is 2.51. The van der Waals surface area contributed by atoms with Crippen LogP contribution >= 0.6 is 0 Å². The summed E-state index contributed by atoms with van der Waals surface area (Å²) in [4.78, 5) is 12.1. The minimum absolute atomic E-state index is 0.203. The van der Waals surface area contributed by atoms with Gasteiger partial charge in [-0.1, -0.05) is 84.9 Å². The first-order valence-corrected chi connectivity index (χ1v) is 10.4. The molecule has 0 atom stereocenters. The highest BCUT2D eigenvalue weighted by atomic mass is 16.3. The molecule has 0 aliphatic carbocycles. The summed E-state index contributed by atoms with van der Waals surface area (Å²) in [6.45, 7) is 1.39. The van der Waals surface area contributed by atoms with Gasteiger partial charge < -0.3 is 15.5 Å². The number of phenolic OH excluding ortho intramolecular Hbond substituents is 2. The normalized spacial score (nSPS) is 11.0. The fraction of sp³-hybridized carbons (Fsp3) is 0.0357. The van der Waals surface area contributed by atoms with Crippen molar-refractivity contribution in [2.75, 3.05) is 5.32 Å². The molecule has 0 fully saturated rings. The molecule has 0 unspecified atom stereocenters. The van der Waals surface area contributed by atoms with Gasteiger partial charge in [-0.15, -0.1) is 0 Å². The summed E-state index contributed by atoms with van der Waals surface area (Å²) in [5, 5.41) is 27.6. The van der Waals surface area contributed by atoms with E-state index in [1.165, 1.54) is 6.92 Å². The highest BCUT2D eigenvalue weighted by Gasteiger charge is 2.23. The average Bonchev–Trinajstić information content (AvgIpc) is 2.81. The molecule has 5 aromatic carbocycles. The average molecular weight is 419 g/mol. The number of hydrogen-bond acceptors (Lipinski definition) is 3. The number of rotatable bonds is 3. The predicted molar refractivity (Wildman–Crippen MR) is 130 cm³/mol. The minimum atomic E-state index is -0.348. The van der Waals surface area contributed by atoms with Gasteiger partial charge >= 0.3 is 0 Å². The molecule has 4 nitrogen and oxygen atoms in total. The number of nitrogens with one attached hydrogen (secondary N) is 1. The Morgan fingerprint density at radius 2 is 1.19 bits per heavy atom. The minimum Gasteiger partial charge on any atom is -0.504 e. The summed E-state index contributed by atoms with van der Waals surface area (Å²) >= 11 is 0. The maximum absolute atomic E-state index is 12.1. The molecule has 1 amide bonds. The van der Waals surface area contributed by atoms with Crippen molar-refractivity contribution in [2.45, 2.75) is 6.92 Å². The van der Waals surface area contributed by atoms with E-state index in [-0.39, 0.29) is 23.1 Å². The van der Waals surface area contributed by atoms with Crippen LogP contribution in [-0.4, -0.2) is 16.1 Å². The number of phenols is 2. The Morgan fingerprint density at radius 3 is 1.75 bits per heavy atom. The first-order valence-electron chi connectivity index (χ1n) is 10.4. The van der Waals surface area contributed by atoms with E-state index in [1.54, 1.807) is 6.07 Å². The standard InChI is InChI=1S/C28H21NO3/c1-17(30)29-27-26-22(16-23(31)28(27)32)24(18-10-4-2-5-11-18)20-14-8-9-15-21(20)25(26)19-12-6-3-7-13-19/h2-16,31-32H,1H3,(H,29,30). The van der Waals surface area contributed by atoms with Gasteiger partial charge in [0.2, 0.25) is 5.91 Å². The Labute approximate surface area is 185 Å². The van der Waals surface area contributed by atoms with E-state index in [0.717, 1.165) is 38.4 Å². The zero-order valence-electron chi connectivity index (χ0n) is 17.5. The molecule has 0 saturated carbocycles. The largest absolute Gasteiger partial charge is 0.504 e. The summed E-state index contributed by atoms with van der Waals surface area (Å²) in [7, 11) is 0. The summed E-state index contributed by atoms with van der Waals surface area (Å²) in [5.41, 5.74) is 3.94. The van der Waals surface area contributed by atoms with Crippen molar-refractivity contribution >= 4 is 33.1 Å². The Hall–Kier alpha value is -4.31. The molecule has 0 aliphatic rings. The molecule has 156 valence electrons. The first kappa shape index (κ1) is 19.6. The second kappa shape index (κ2) is 7.75. The highest BCUT2D eigenvalue weighted by molar-refractivity contribution is 6.26. The zero-order valence-corrected chi connectivity index (χ0v) is 17.5. The molecular formula is C28H21NO3. The SMILES string of the molecule is CC(=O)Nc1c(O)c(O)cc2c(-c3ccccc3)c3ccccc3c(-c3ccccc3)c12. The monoisotopic (exact) mass is 419 g/mol. The van der Waals surface area contributed by atoms with Crippen molar-refractivity contribution < 1.29 is 15.0 Å². The van der Waals surface area contributed by atoms with Gasteiger partial charge in [0.15, 0.2) is 11.5 Å². The van der Waals surface area contributed by atoms with E-state index in [2.05, 4.69) is 11.4 Å². The second-order valence-electron chi connectivity index (χ2n) is 7.75. The number of anilines is 1. The van der Waals surface area contributed by atoms with E-state index in [1.807, 2.05) is 78.9 Å². The lowest BCUT2D eigenvalue weighted by Gasteiger charge is -2.21. The van der Waals surface area contributed by atoms with Gasteiger partial charge in [-0.25, -0.2) is 0 Å². The Morgan fingerprint density at radius 1 is 0.688 bits per heavy atom. The van der Waals surface area contributed by atoms with Gasteiger partial charge in [-0.3, -0.25) is 4.79 Å². The molecular weight excluding hydrogens is 398 g/mol. The molecule has 0 aromatic heterocycles. The zero-order chi connectivity index (χ0) is 22.2. The van der Waals surface area contributed by atoms with E-state index >= 15 is 0 Å². The lowest BCUT2D eigenvalue weighted by Crippen LogP contribution is -2.07. The summed E-state index contributed by atoms with van der Waals surface area (Å²) in [6, 6.07) is 29.5. The lowest BCUT2D eigenvalue weighted by molar-refractivity contribution is -0.114. The van der Waals surface area contributed by atoms with Crippen LogP contribution in [0.15, 0.2) is 91.0 Å². The number of hydrogen-bond donors (Lipinski definition) is 3. The number of amides is 1. The van der Waals surface area contributed by atoms with Gasteiger partial charge in [0, 0.05) is 12.3 Å².